The molecular formula is C83H142N2O5. The van der Waals surface area contributed by atoms with E-state index in [0.717, 1.165) is 91.0 Å². The molecule has 0 unspecified atom stereocenters. The fourth-order valence-electron chi connectivity index (χ4n) is 7.40. The Labute approximate surface area is 559 Å². The van der Waals surface area contributed by atoms with Crippen molar-refractivity contribution in [1.29, 1.82) is 0 Å². The van der Waals surface area contributed by atoms with Crippen LogP contribution in [0.2, 0.25) is 0 Å². The first kappa shape index (κ1) is 92.8. The van der Waals surface area contributed by atoms with Crippen molar-refractivity contribution in [3.63, 3.8) is 0 Å². The van der Waals surface area contributed by atoms with Gasteiger partial charge in [-0.05, 0) is 145 Å². The molecule has 6 aromatic rings. The highest BCUT2D eigenvalue weighted by Crippen LogP contribution is 2.31. The number of ether oxygens (including phenoxy) is 5. The number of nitrogens with zero attached hydrogens (tertiary/aromatic N) is 2. The Bertz CT molecular complexity index is 2180. The van der Waals surface area contributed by atoms with Gasteiger partial charge in [0.1, 0.15) is 19.0 Å². The van der Waals surface area contributed by atoms with Crippen LogP contribution in [-0.2, 0) is 38.9 Å². The van der Waals surface area contributed by atoms with Gasteiger partial charge in [-0.2, -0.15) is 0 Å². The van der Waals surface area contributed by atoms with E-state index in [2.05, 4.69) is 212 Å². The van der Waals surface area contributed by atoms with Crippen LogP contribution in [0.1, 0.15) is 247 Å². The van der Waals surface area contributed by atoms with Crippen molar-refractivity contribution < 1.29 is 23.7 Å². The first-order valence-corrected chi connectivity index (χ1v) is 35.4. The Hall–Kier alpha value is -5.92. The summed E-state index contributed by atoms with van der Waals surface area (Å²) in [5.74, 6) is 8.63. The maximum atomic E-state index is 5.30. The van der Waals surface area contributed by atoms with Gasteiger partial charge in [-0.3, -0.25) is 4.90 Å². The second kappa shape index (κ2) is 64.6. The monoisotopic (exact) mass is 1250 g/mol. The molecule has 7 nitrogen and oxygen atoms in total. The van der Waals surface area contributed by atoms with Crippen molar-refractivity contribution in [1.82, 2.24) is 9.47 Å². The lowest BCUT2D eigenvalue weighted by atomic mass is 10.1. The maximum Gasteiger partial charge on any atom is 0.231 e. The molecule has 0 fully saturated rings. The van der Waals surface area contributed by atoms with Gasteiger partial charge in [0.2, 0.25) is 6.79 Å². The van der Waals surface area contributed by atoms with E-state index in [-0.39, 0.29) is 0 Å². The Morgan fingerprint density at radius 1 is 0.322 bits per heavy atom. The second-order valence-electron chi connectivity index (χ2n) is 23.6. The first-order valence-electron chi connectivity index (χ1n) is 35.4. The normalized spacial score (nSPS) is 12.3. The lowest BCUT2D eigenvalue weighted by Crippen LogP contribution is -2.24. The number of allylic oxidation sites excluding steroid dienone is 1. The summed E-state index contributed by atoms with van der Waals surface area (Å²) >= 11 is 0. The quantitative estimate of drug-likeness (QED) is 0.164. The average molecular weight is 1250 g/mol. The minimum Gasteiger partial charge on any atom is -0.493 e. The molecule has 6 heterocycles. The molecule has 0 bridgehead atoms. The Morgan fingerprint density at radius 2 is 0.633 bits per heavy atom. The molecule has 6 aliphatic rings. The van der Waals surface area contributed by atoms with Crippen molar-refractivity contribution in [2.75, 3.05) is 26.6 Å². The van der Waals surface area contributed by atoms with E-state index >= 15 is 0 Å². The summed E-state index contributed by atoms with van der Waals surface area (Å²) in [6.45, 7) is 67.0. The van der Waals surface area contributed by atoms with Gasteiger partial charge < -0.3 is 28.3 Å². The van der Waals surface area contributed by atoms with Crippen LogP contribution in [0.4, 0.5) is 0 Å². The van der Waals surface area contributed by atoms with Crippen molar-refractivity contribution in [3.05, 3.63) is 179 Å². The van der Waals surface area contributed by atoms with E-state index in [1.807, 2.05) is 150 Å². The van der Waals surface area contributed by atoms with Crippen LogP contribution >= 0.6 is 0 Å². The molecule has 514 valence electrons. The predicted octanol–water partition coefficient (Wildman–Crippen LogP) is 25.5. The second-order valence-corrected chi connectivity index (χ2v) is 23.6. The molecule has 5 aliphatic heterocycles. The highest BCUT2D eigenvalue weighted by atomic mass is 16.7. The first-order chi connectivity index (χ1) is 43.3. The summed E-state index contributed by atoms with van der Waals surface area (Å²) in [5, 5.41) is 0. The molecule has 0 saturated heterocycles. The van der Waals surface area contributed by atoms with Gasteiger partial charge in [0.15, 0.2) is 23.0 Å². The van der Waals surface area contributed by atoms with Crippen molar-refractivity contribution in [2.45, 2.75) is 259 Å². The van der Waals surface area contributed by atoms with Gasteiger partial charge in [0.25, 0.3) is 0 Å². The van der Waals surface area contributed by atoms with Crippen LogP contribution in [0.5, 0.6) is 28.7 Å². The highest BCUT2D eigenvalue weighted by molar-refractivity contribution is 5.47. The molecular weight excluding hydrogens is 1100 g/mol. The fourth-order valence-corrected chi connectivity index (χ4v) is 7.40. The zero-order valence-corrected chi connectivity index (χ0v) is 63.8. The van der Waals surface area contributed by atoms with Crippen molar-refractivity contribution in [2.24, 2.45) is 29.6 Å². The topological polar surface area (TPSA) is 54.3 Å². The van der Waals surface area contributed by atoms with E-state index < -0.39 is 0 Å². The molecule has 0 N–H and O–H groups in total. The SMILES string of the molecule is C1=Cc2cccn2CC1.CC.CC.CC.CC.CC.CC.CC(C)C.CC(C)C.CC(C)C.CC(C)C.CC(C)C.CC(C)N1Cc2ccccc2C1.c1ccc2c(c1)CCC2.c1ccc2c(c1)CCO2.c1ccc2c(c1)OCCO2.c1ccc2c(c1)OCO2. The number of para-hydroxylation sites is 5. The third kappa shape index (κ3) is 50.8. The summed E-state index contributed by atoms with van der Waals surface area (Å²) in [6.07, 6.45) is 12.7. The van der Waals surface area contributed by atoms with Crippen LogP contribution in [0, 0.1) is 29.6 Å². The fraction of sp³-hybridized carbons (Fsp3) is 0.566. The van der Waals surface area contributed by atoms with Crippen LogP contribution < -0.4 is 23.7 Å². The summed E-state index contributed by atoms with van der Waals surface area (Å²) in [7, 11) is 0. The van der Waals surface area contributed by atoms with E-state index in [4.69, 9.17) is 23.7 Å². The molecule has 0 spiro atoms. The van der Waals surface area contributed by atoms with E-state index in [1.165, 1.54) is 48.1 Å². The molecule has 1 aliphatic carbocycles. The third-order valence-corrected chi connectivity index (χ3v) is 10.6. The van der Waals surface area contributed by atoms with E-state index in [0.29, 0.717) is 26.0 Å². The predicted molar refractivity (Wildman–Crippen MR) is 404 cm³/mol. The van der Waals surface area contributed by atoms with E-state index in [9.17, 15) is 0 Å². The summed E-state index contributed by atoms with van der Waals surface area (Å²) in [5.41, 5.74) is 8.83. The summed E-state index contributed by atoms with van der Waals surface area (Å²) in [4.78, 5) is 2.49. The maximum absolute atomic E-state index is 5.30. The van der Waals surface area contributed by atoms with Crippen LogP contribution in [0.25, 0.3) is 6.08 Å². The van der Waals surface area contributed by atoms with Crippen LogP contribution in [0.15, 0.2) is 146 Å². The van der Waals surface area contributed by atoms with Crippen LogP contribution in [-0.4, -0.2) is 42.1 Å². The summed E-state index contributed by atoms with van der Waals surface area (Å²) in [6, 6.07) is 45.9. The van der Waals surface area contributed by atoms with Gasteiger partial charge in [-0.25, -0.2) is 0 Å². The van der Waals surface area contributed by atoms with Crippen molar-refractivity contribution in [3.8, 4) is 28.7 Å². The van der Waals surface area contributed by atoms with Gasteiger partial charge in [0, 0.05) is 44.0 Å². The van der Waals surface area contributed by atoms with Gasteiger partial charge >= 0.3 is 0 Å². The minimum atomic E-state index is 0.360. The van der Waals surface area contributed by atoms with E-state index in [1.54, 1.807) is 11.1 Å². The van der Waals surface area contributed by atoms with Crippen molar-refractivity contribution >= 4 is 6.08 Å². The molecule has 0 radical (unpaired) electrons. The Morgan fingerprint density at radius 3 is 0.978 bits per heavy atom. The zero-order chi connectivity index (χ0) is 69.7. The largest absolute Gasteiger partial charge is 0.493 e. The molecule has 1 aromatic heterocycles. The smallest absolute Gasteiger partial charge is 0.231 e. The molecule has 0 saturated carbocycles. The summed E-state index contributed by atoms with van der Waals surface area (Å²) < 4.78 is 28.3. The molecule has 0 atom stereocenters. The van der Waals surface area contributed by atoms with Gasteiger partial charge in [-0.1, -0.05) is 284 Å². The van der Waals surface area contributed by atoms with Gasteiger partial charge in [0.05, 0.1) is 6.61 Å². The Kier molecular flexibility index (Phi) is 66.6. The molecule has 0 amide bonds. The lowest BCUT2D eigenvalue weighted by Gasteiger charge is -2.18. The number of rotatable bonds is 1. The van der Waals surface area contributed by atoms with Gasteiger partial charge in [-0.15, -0.1) is 0 Å². The molecule has 5 aromatic carbocycles. The number of benzene rings is 5. The minimum absolute atomic E-state index is 0.360. The lowest BCUT2D eigenvalue weighted by molar-refractivity contribution is 0.171. The number of hydrogen-bond acceptors (Lipinski definition) is 6. The number of hydrogen-bond donors (Lipinski definition) is 0. The average Bonchev–Trinajstić information content (AvgIpc) is 2.31. The molecule has 7 heteroatoms. The number of aromatic nitrogens is 1. The standard InChI is InChI=1S/C11H15N.C9H10.C8H9N.C8H8O2.C8H8O.C7H6O2.5C4H10.6C2H6/c1-9(2)12-7-10-5-3-4-6-11(10)8-12;1-2-5-9-7-3-6-8(9)4-1;1-2-6-9-7-3-5-8(9)4-1;1-2-4-8-7(3-1)9-5-6-10-8;1-2-4-8-7(3-1)5-6-9-8;1-2-4-7-6(3-1)8-5-9-7;5*1-4(2)3;6*1-2/h3-6,9H,7-8H2,1-2H3;1-2,4-5H,3,6-7H2;1,3-5,7H,2,6H2;1-4H,5-6H2;1-4H,5-6H2;1-4H,5H2;5*4H,1-3H3;6*1-2H3. The third-order valence-electron chi connectivity index (χ3n) is 10.6. The molecule has 12 rings (SSSR count). The number of aryl methyl sites for hydroxylation is 3. The van der Waals surface area contributed by atoms with Crippen LogP contribution in [0.3, 0.4) is 0 Å². The molecule has 90 heavy (non-hydrogen) atoms. The zero-order valence-electron chi connectivity index (χ0n) is 63.8. The number of fused-ring (bicyclic) bond motifs is 6. The highest BCUT2D eigenvalue weighted by Gasteiger charge is 2.19. The Balaban J connectivity index is -0.000000295.